The number of hydrogen-bond donors (Lipinski definition) is 2. The Morgan fingerprint density at radius 3 is 2.36 bits per heavy atom. The number of anilines is 1. The van der Waals surface area contributed by atoms with Gasteiger partial charge in [0.25, 0.3) is 0 Å². The molecule has 13 heteroatoms. The monoisotopic (exact) mass is 636 g/mol. The number of benzene rings is 3. The fraction of sp³-hybridized carbons (Fsp3) is 0.188. The molecule has 3 amide bonds. The first kappa shape index (κ1) is 31.4. The van der Waals surface area contributed by atoms with Crippen LogP contribution in [0.3, 0.4) is 0 Å². The second kappa shape index (κ2) is 13.7. The first-order chi connectivity index (χ1) is 21.6. The summed E-state index contributed by atoms with van der Waals surface area (Å²) in [5.41, 5.74) is 1.34. The molecular formula is C32H27F3N4O5S. The Labute approximate surface area is 260 Å². The van der Waals surface area contributed by atoms with Gasteiger partial charge in [0.1, 0.15) is 23.7 Å². The van der Waals surface area contributed by atoms with E-state index in [0.29, 0.717) is 22.2 Å². The molecule has 9 nitrogen and oxygen atoms in total. The van der Waals surface area contributed by atoms with Gasteiger partial charge in [0.15, 0.2) is 5.17 Å². The summed E-state index contributed by atoms with van der Waals surface area (Å²) in [4.78, 5) is 44.2. The fourth-order valence-corrected chi connectivity index (χ4v) is 5.46. The van der Waals surface area contributed by atoms with Crippen molar-refractivity contribution in [2.45, 2.75) is 37.5 Å². The molecular weight excluding hydrogens is 609 g/mol. The van der Waals surface area contributed by atoms with Gasteiger partial charge < -0.3 is 19.8 Å². The molecule has 45 heavy (non-hydrogen) atoms. The van der Waals surface area contributed by atoms with E-state index in [1.54, 1.807) is 36.4 Å². The standard InChI is InChI=1S/C32H27F3N4O5S/c1-20(36-31(42)44-19-21-6-3-2-4-7-21)28(40)37-24-13-9-22(10-14-24)27-29(41)39(18-26-8-5-17-43-26)30(45-27)38-25-15-11-23(12-16-25)32(33,34)35/h2-17,20,27H,18-19H2,1H3,(H,36,42)(H,37,40)/t20-,27?/m0/s1. The van der Waals surface area contributed by atoms with Crippen molar-refractivity contribution in [3.8, 4) is 0 Å². The van der Waals surface area contributed by atoms with Crippen LogP contribution in [0.5, 0.6) is 0 Å². The molecule has 1 unspecified atom stereocenters. The largest absolute Gasteiger partial charge is 0.467 e. The highest BCUT2D eigenvalue weighted by Gasteiger charge is 2.39. The Kier molecular flexibility index (Phi) is 9.57. The average molecular weight is 637 g/mol. The van der Waals surface area contributed by atoms with E-state index in [2.05, 4.69) is 15.6 Å². The van der Waals surface area contributed by atoms with Crippen molar-refractivity contribution >= 4 is 46.2 Å². The molecule has 0 radical (unpaired) electrons. The van der Waals surface area contributed by atoms with Crippen LogP contribution in [-0.2, 0) is 33.7 Å². The van der Waals surface area contributed by atoms with Crippen molar-refractivity contribution in [2.24, 2.45) is 4.99 Å². The number of alkyl carbamates (subject to hydrolysis) is 1. The van der Waals surface area contributed by atoms with Gasteiger partial charge in [-0.1, -0.05) is 54.2 Å². The van der Waals surface area contributed by atoms with Gasteiger partial charge in [-0.25, -0.2) is 9.79 Å². The van der Waals surface area contributed by atoms with E-state index in [9.17, 15) is 27.6 Å². The van der Waals surface area contributed by atoms with Crippen molar-refractivity contribution in [2.75, 3.05) is 5.32 Å². The van der Waals surface area contributed by atoms with Crippen LogP contribution in [0.1, 0.15) is 34.6 Å². The van der Waals surface area contributed by atoms with Crippen LogP contribution in [0.4, 0.5) is 29.3 Å². The SMILES string of the molecule is C[C@H](NC(=O)OCc1ccccc1)C(=O)Nc1ccc(C2SC(=Nc3ccc(C(F)(F)F)cc3)N(Cc3ccco3)C2=O)cc1. The number of carbonyl (C=O) groups is 3. The molecule has 1 aliphatic rings. The minimum absolute atomic E-state index is 0.0656. The Morgan fingerprint density at radius 2 is 1.71 bits per heavy atom. The van der Waals surface area contributed by atoms with Crippen LogP contribution in [-0.4, -0.2) is 34.0 Å². The molecule has 3 aromatic carbocycles. The number of furan rings is 1. The molecule has 2 heterocycles. The van der Waals surface area contributed by atoms with Crippen molar-refractivity contribution in [1.82, 2.24) is 10.2 Å². The van der Waals surface area contributed by atoms with Crippen molar-refractivity contribution in [1.29, 1.82) is 0 Å². The van der Waals surface area contributed by atoms with Gasteiger partial charge in [-0.2, -0.15) is 13.2 Å². The zero-order valence-electron chi connectivity index (χ0n) is 23.8. The van der Waals surface area contributed by atoms with E-state index in [1.165, 1.54) is 30.2 Å². The van der Waals surface area contributed by atoms with E-state index < -0.39 is 35.0 Å². The van der Waals surface area contributed by atoms with E-state index in [4.69, 9.17) is 9.15 Å². The number of nitrogens with zero attached hydrogens (tertiary/aromatic N) is 2. The lowest BCUT2D eigenvalue weighted by molar-refractivity contribution is -0.137. The highest BCUT2D eigenvalue weighted by atomic mass is 32.2. The summed E-state index contributed by atoms with van der Waals surface area (Å²) in [6.07, 6.45) is -3.74. The van der Waals surface area contributed by atoms with Crippen LogP contribution >= 0.6 is 11.8 Å². The van der Waals surface area contributed by atoms with Gasteiger partial charge in [-0.05, 0) is 66.6 Å². The molecule has 2 atom stereocenters. The molecule has 0 bridgehead atoms. The number of ether oxygens (including phenoxy) is 1. The quantitative estimate of drug-likeness (QED) is 0.204. The summed E-state index contributed by atoms with van der Waals surface area (Å²) in [6, 6.07) is 22.6. The minimum Gasteiger partial charge on any atom is -0.467 e. The third-order valence-electron chi connectivity index (χ3n) is 6.68. The lowest BCUT2D eigenvalue weighted by Gasteiger charge is -2.16. The molecule has 1 fully saturated rings. The summed E-state index contributed by atoms with van der Waals surface area (Å²) in [7, 11) is 0. The highest BCUT2D eigenvalue weighted by molar-refractivity contribution is 8.15. The van der Waals surface area contributed by atoms with E-state index >= 15 is 0 Å². The van der Waals surface area contributed by atoms with Crippen LogP contribution in [0.25, 0.3) is 0 Å². The number of aliphatic imine (C=N–C) groups is 1. The first-order valence-electron chi connectivity index (χ1n) is 13.7. The first-order valence-corrected chi connectivity index (χ1v) is 14.6. The van der Waals surface area contributed by atoms with Gasteiger partial charge in [0, 0.05) is 5.69 Å². The number of rotatable bonds is 9. The molecule has 1 saturated heterocycles. The van der Waals surface area contributed by atoms with Crippen molar-refractivity contribution < 1.29 is 36.7 Å². The average Bonchev–Trinajstić information content (AvgIpc) is 3.65. The van der Waals surface area contributed by atoms with Crippen LogP contribution in [0.2, 0.25) is 0 Å². The Bertz CT molecular complexity index is 1660. The zero-order valence-corrected chi connectivity index (χ0v) is 24.6. The van der Waals surface area contributed by atoms with Gasteiger partial charge in [0.2, 0.25) is 11.8 Å². The summed E-state index contributed by atoms with van der Waals surface area (Å²) in [6.45, 7) is 1.67. The Hall–Kier alpha value is -5.04. The van der Waals surface area contributed by atoms with Gasteiger partial charge in [-0.3, -0.25) is 14.5 Å². The lowest BCUT2D eigenvalue weighted by Crippen LogP contribution is -2.41. The molecule has 1 aliphatic heterocycles. The maximum absolute atomic E-state index is 13.5. The number of carbonyl (C=O) groups excluding carboxylic acids is 3. The number of halogens is 3. The van der Waals surface area contributed by atoms with E-state index in [-0.39, 0.29) is 24.7 Å². The smallest absolute Gasteiger partial charge is 0.416 e. The summed E-state index contributed by atoms with van der Waals surface area (Å²) < 4.78 is 49.6. The normalized spacial score (nSPS) is 16.4. The van der Waals surface area contributed by atoms with Crippen LogP contribution < -0.4 is 10.6 Å². The third kappa shape index (κ3) is 8.12. The maximum Gasteiger partial charge on any atom is 0.416 e. The molecule has 2 N–H and O–H groups in total. The van der Waals surface area contributed by atoms with Gasteiger partial charge in [0.05, 0.1) is 24.1 Å². The predicted molar refractivity (Wildman–Crippen MR) is 162 cm³/mol. The predicted octanol–water partition coefficient (Wildman–Crippen LogP) is 7.06. The fourth-order valence-electron chi connectivity index (χ4n) is 4.29. The second-order valence-corrected chi connectivity index (χ2v) is 11.1. The van der Waals surface area contributed by atoms with Crippen LogP contribution in [0.15, 0.2) is 107 Å². The minimum atomic E-state index is -4.48. The Balaban J connectivity index is 1.24. The molecule has 0 aliphatic carbocycles. The molecule has 0 spiro atoms. The number of alkyl halides is 3. The maximum atomic E-state index is 13.5. The number of nitrogens with one attached hydrogen (secondary N) is 2. The van der Waals surface area contributed by atoms with Crippen molar-refractivity contribution in [3.05, 3.63) is 120 Å². The number of hydrogen-bond acceptors (Lipinski definition) is 7. The second-order valence-electron chi connectivity index (χ2n) is 9.98. The van der Waals surface area contributed by atoms with Gasteiger partial charge >= 0.3 is 12.3 Å². The van der Waals surface area contributed by atoms with E-state index in [0.717, 1.165) is 29.5 Å². The summed E-state index contributed by atoms with van der Waals surface area (Å²) >= 11 is 1.15. The summed E-state index contributed by atoms with van der Waals surface area (Å²) in [5, 5.41) is 4.81. The summed E-state index contributed by atoms with van der Waals surface area (Å²) in [5.74, 6) is -0.249. The molecule has 5 rings (SSSR count). The zero-order chi connectivity index (χ0) is 32.0. The highest BCUT2D eigenvalue weighted by Crippen LogP contribution is 2.41. The number of amides is 3. The van der Waals surface area contributed by atoms with Crippen LogP contribution in [0, 0.1) is 0 Å². The topological polar surface area (TPSA) is 113 Å². The van der Waals surface area contributed by atoms with Crippen molar-refractivity contribution in [3.63, 3.8) is 0 Å². The number of thioether (sulfide) groups is 1. The molecule has 0 saturated carbocycles. The lowest BCUT2D eigenvalue weighted by atomic mass is 10.1. The molecule has 1 aromatic heterocycles. The van der Waals surface area contributed by atoms with Gasteiger partial charge in [-0.15, -0.1) is 0 Å². The third-order valence-corrected chi connectivity index (χ3v) is 7.91. The Morgan fingerprint density at radius 1 is 1.00 bits per heavy atom. The van der Waals surface area contributed by atoms with E-state index in [1.807, 2.05) is 30.3 Å². The molecule has 232 valence electrons. The molecule has 4 aromatic rings. The number of amidine groups is 1.